The van der Waals surface area contributed by atoms with Gasteiger partial charge in [-0.2, -0.15) is 0 Å². The zero-order valence-electron chi connectivity index (χ0n) is 9.67. The van der Waals surface area contributed by atoms with Gasteiger partial charge in [0.1, 0.15) is 18.8 Å². The molecule has 0 aliphatic rings. The van der Waals surface area contributed by atoms with Crippen LogP contribution in [0.5, 0.6) is 0 Å². The molecule has 0 aliphatic carbocycles. The molecular formula is C10H16O7. The van der Waals surface area contributed by atoms with Gasteiger partial charge in [0, 0.05) is 5.57 Å². The first-order valence-corrected chi connectivity index (χ1v) is 4.57. The molecule has 1 unspecified atom stereocenters. The highest BCUT2D eigenvalue weighted by atomic mass is 16.6. The molecule has 0 amide bonds. The van der Waals surface area contributed by atoms with Gasteiger partial charge >= 0.3 is 11.9 Å². The Morgan fingerprint density at radius 1 is 1.29 bits per heavy atom. The number of rotatable bonds is 5. The van der Waals surface area contributed by atoms with E-state index in [1.165, 1.54) is 13.8 Å². The van der Waals surface area contributed by atoms with Crippen molar-refractivity contribution in [2.24, 2.45) is 0 Å². The molecule has 0 aromatic carbocycles. The predicted molar refractivity (Wildman–Crippen MR) is 56.9 cm³/mol. The standard InChI is InChI=1S/C6H10O5.C4H6O2/c1-4(8)2-5(9)11-6(10)3-7;1-3(2)4(5)6/h6-7,10H,2-3H2,1H3;1H2,2H3,(H,5,6). The van der Waals surface area contributed by atoms with Gasteiger partial charge < -0.3 is 20.1 Å². The van der Waals surface area contributed by atoms with Gasteiger partial charge in [-0.15, -0.1) is 0 Å². The third-order valence-corrected chi connectivity index (χ3v) is 1.18. The second-order valence-corrected chi connectivity index (χ2v) is 3.09. The van der Waals surface area contributed by atoms with Crippen molar-refractivity contribution in [2.75, 3.05) is 6.61 Å². The van der Waals surface area contributed by atoms with Crippen molar-refractivity contribution in [3.63, 3.8) is 0 Å². The number of ether oxygens (including phenoxy) is 1. The van der Waals surface area contributed by atoms with Crippen molar-refractivity contribution in [1.29, 1.82) is 0 Å². The van der Waals surface area contributed by atoms with Crippen LogP contribution >= 0.6 is 0 Å². The fraction of sp³-hybridized carbons (Fsp3) is 0.500. The average Bonchev–Trinajstić information content (AvgIpc) is 2.16. The Morgan fingerprint density at radius 3 is 1.94 bits per heavy atom. The smallest absolute Gasteiger partial charge is 0.330 e. The molecule has 7 heteroatoms. The van der Waals surface area contributed by atoms with Gasteiger partial charge in [0.05, 0.1) is 0 Å². The second-order valence-electron chi connectivity index (χ2n) is 3.09. The number of carbonyl (C=O) groups excluding carboxylic acids is 2. The number of hydrogen-bond donors (Lipinski definition) is 3. The van der Waals surface area contributed by atoms with Crippen LogP contribution < -0.4 is 0 Å². The molecule has 3 N–H and O–H groups in total. The molecule has 0 heterocycles. The van der Waals surface area contributed by atoms with Crippen molar-refractivity contribution in [1.82, 2.24) is 0 Å². The van der Waals surface area contributed by atoms with Crippen LogP contribution in [-0.2, 0) is 19.1 Å². The van der Waals surface area contributed by atoms with Crippen LogP contribution in [0.25, 0.3) is 0 Å². The molecule has 1 atom stereocenters. The summed E-state index contributed by atoms with van der Waals surface area (Å²) in [6.45, 7) is 5.17. The lowest BCUT2D eigenvalue weighted by Crippen LogP contribution is -2.22. The lowest BCUT2D eigenvalue weighted by Gasteiger charge is -2.07. The second kappa shape index (κ2) is 9.49. The van der Waals surface area contributed by atoms with E-state index in [9.17, 15) is 14.4 Å². The molecule has 0 aromatic rings. The third kappa shape index (κ3) is 14.3. The minimum atomic E-state index is -1.53. The lowest BCUT2D eigenvalue weighted by molar-refractivity contribution is -0.173. The molecule has 0 fully saturated rings. The molecule has 0 radical (unpaired) electrons. The number of carboxylic acid groups (broad SMARTS) is 1. The Kier molecular flexibility index (Phi) is 9.86. The Bertz CT molecular complexity index is 283. The first kappa shape index (κ1) is 17.7. The fourth-order valence-corrected chi connectivity index (χ4v) is 0.434. The van der Waals surface area contributed by atoms with Crippen molar-refractivity contribution >= 4 is 17.7 Å². The molecule has 0 aliphatic heterocycles. The molecule has 98 valence electrons. The Balaban J connectivity index is 0. The summed E-state index contributed by atoms with van der Waals surface area (Å²) in [6, 6.07) is 0. The molecule has 7 nitrogen and oxygen atoms in total. The molecule has 0 spiro atoms. The summed E-state index contributed by atoms with van der Waals surface area (Å²) in [5.74, 6) is -2.12. The topological polar surface area (TPSA) is 121 Å². The summed E-state index contributed by atoms with van der Waals surface area (Å²) >= 11 is 0. The Hall–Kier alpha value is -1.73. The number of Topliss-reactive ketones (excluding diaryl/α,β-unsaturated/α-hetero) is 1. The third-order valence-electron chi connectivity index (χ3n) is 1.18. The van der Waals surface area contributed by atoms with Gasteiger partial charge in [-0.05, 0) is 13.8 Å². The van der Waals surface area contributed by atoms with Crippen LogP contribution in [0.4, 0.5) is 0 Å². The molecule has 0 aromatic heterocycles. The summed E-state index contributed by atoms with van der Waals surface area (Å²) in [7, 11) is 0. The normalized spacial score (nSPS) is 10.6. The number of ketones is 1. The maximum atomic E-state index is 10.5. The highest BCUT2D eigenvalue weighted by Crippen LogP contribution is 1.91. The monoisotopic (exact) mass is 248 g/mol. The first-order chi connectivity index (χ1) is 7.70. The van der Waals surface area contributed by atoms with Gasteiger partial charge in [0.25, 0.3) is 0 Å². The number of carboxylic acids is 1. The fourth-order valence-electron chi connectivity index (χ4n) is 0.434. The number of aliphatic hydroxyl groups excluding tert-OH is 2. The van der Waals surface area contributed by atoms with Crippen LogP contribution in [0.3, 0.4) is 0 Å². The van der Waals surface area contributed by atoms with Gasteiger partial charge in [-0.3, -0.25) is 9.59 Å². The molecule has 0 bridgehead atoms. The Morgan fingerprint density at radius 2 is 1.71 bits per heavy atom. The summed E-state index contributed by atoms with van der Waals surface area (Å²) in [6.07, 6.45) is -1.90. The molecule has 0 saturated heterocycles. The highest BCUT2D eigenvalue weighted by Gasteiger charge is 2.11. The van der Waals surface area contributed by atoms with Crippen molar-refractivity contribution in [2.45, 2.75) is 26.6 Å². The maximum absolute atomic E-state index is 10.5. The van der Waals surface area contributed by atoms with E-state index in [1.54, 1.807) is 0 Å². The summed E-state index contributed by atoms with van der Waals surface area (Å²) in [4.78, 5) is 30.4. The average molecular weight is 248 g/mol. The minimum Gasteiger partial charge on any atom is -0.478 e. The molecule has 0 rings (SSSR count). The van der Waals surface area contributed by atoms with E-state index in [1.807, 2.05) is 0 Å². The SMILES string of the molecule is C=C(C)C(=O)O.CC(=O)CC(=O)OC(O)CO. The van der Waals surface area contributed by atoms with E-state index in [4.69, 9.17) is 15.3 Å². The lowest BCUT2D eigenvalue weighted by atomic mass is 10.3. The summed E-state index contributed by atoms with van der Waals surface area (Å²) in [5.41, 5.74) is 0.176. The zero-order valence-corrected chi connectivity index (χ0v) is 9.67. The predicted octanol–water partition coefficient (Wildman–Crippen LogP) is -0.533. The Labute approximate surface area is 98.3 Å². The number of aliphatic carboxylic acids is 1. The minimum absolute atomic E-state index is 0.176. The zero-order chi connectivity index (χ0) is 14.0. The van der Waals surface area contributed by atoms with Gasteiger partial charge in [-0.1, -0.05) is 6.58 Å². The number of esters is 1. The van der Waals surface area contributed by atoms with Crippen LogP contribution in [0, 0.1) is 0 Å². The van der Waals surface area contributed by atoms with Crippen LogP contribution in [-0.4, -0.2) is 45.9 Å². The quantitative estimate of drug-likeness (QED) is 0.258. The van der Waals surface area contributed by atoms with Crippen LogP contribution in [0.2, 0.25) is 0 Å². The van der Waals surface area contributed by atoms with Gasteiger partial charge in [0.15, 0.2) is 0 Å². The van der Waals surface area contributed by atoms with Gasteiger partial charge in [0.2, 0.25) is 6.29 Å². The van der Waals surface area contributed by atoms with Crippen molar-refractivity contribution < 1.29 is 34.4 Å². The van der Waals surface area contributed by atoms with Crippen molar-refractivity contribution in [3.8, 4) is 0 Å². The number of carbonyl (C=O) groups is 3. The van der Waals surface area contributed by atoms with E-state index in [2.05, 4.69) is 11.3 Å². The highest BCUT2D eigenvalue weighted by molar-refractivity contribution is 5.94. The van der Waals surface area contributed by atoms with E-state index < -0.39 is 24.8 Å². The van der Waals surface area contributed by atoms with E-state index in [0.29, 0.717) is 0 Å². The van der Waals surface area contributed by atoms with Crippen LogP contribution in [0.15, 0.2) is 12.2 Å². The van der Waals surface area contributed by atoms with E-state index in [-0.39, 0.29) is 17.8 Å². The van der Waals surface area contributed by atoms with E-state index in [0.717, 1.165) is 0 Å². The summed E-state index contributed by atoms with van der Waals surface area (Å²) < 4.78 is 4.16. The molecule has 0 saturated carbocycles. The van der Waals surface area contributed by atoms with Gasteiger partial charge in [-0.25, -0.2) is 4.79 Å². The number of aliphatic hydroxyl groups is 2. The molecular weight excluding hydrogens is 232 g/mol. The van der Waals surface area contributed by atoms with Crippen molar-refractivity contribution in [3.05, 3.63) is 12.2 Å². The van der Waals surface area contributed by atoms with E-state index >= 15 is 0 Å². The van der Waals surface area contributed by atoms with Crippen LogP contribution in [0.1, 0.15) is 20.3 Å². The molecule has 17 heavy (non-hydrogen) atoms. The first-order valence-electron chi connectivity index (χ1n) is 4.57. The maximum Gasteiger partial charge on any atom is 0.330 e. The number of hydrogen-bond acceptors (Lipinski definition) is 6. The summed E-state index contributed by atoms with van der Waals surface area (Å²) in [5, 5.41) is 24.6. The largest absolute Gasteiger partial charge is 0.478 e.